The molecule has 0 unspecified atom stereocenters. The summed E-state index contributed by atoms with van der Waals surface area (Å²) in [6, 6.07) is 13.9. The van der Waals surface area contributed by atoms with Crippen molar-refractivity contribution in [3.8, 4) is 0 Å². The van der Waals surface area contributed by atoms with E-state index in [2.05, 4.69) is 4.98 Å². The SMILES string of the molecule is Nc1ccc2c(N3C(=O)c4ccccc4C3=O)nccc2c1. The van der Waals surface area contributed by atoms with Crippen molar-refractivity contribution < 1.29 is 9.59 Å². The molecule has 4 rings (SSSR count). The lowest BCUT2D eigenvalue weighted by Crippen LogP contribution is -2.30. The van der Waals surface area contributed by atoms with Crippen LogP contribution in [0, 0.1) is 0 Å². The smallest absolute Gasteiger partial charge is 0.267 e. The van der Waals surface area contributed by atoms with Crippen LogP contribution in [0.2, 0.25) is 0 Å². The molecule has 2 aromatic carbocycles. The second-order valence-electron chi connectivity index (χ2n) is 5.11. The second-order valence-corrected chi connectivity index (χ2v) is 5.11. The van der Waals surface area contributed by atoms with Crippen molar-refractivity contribution in [1.82, 2.24) is 4.98 Å². The van der Waals surface area contributed by atoms with E-state index in [1.54, 1.807) is 54.7 Å². The van der Waals surface area contributed by atoms with Crippen LogP contribution in [-0.4, -0.2) is 16.8 Å². The molecule has 0 saturated heterocycles. The first-order valence-electron chi connectivity index (χ1n) is 6.79. The van der Waals surface area contributed by atoms with Gasteiger partial charge in [-0.05, 0) is 41.8 Å². The van der Waals surface area contributed by atoms with E-state index in [-0.39, 0.29) is 11.8 Å². The summed E-state index contributed by atoms with van der Waals surface area (Å²) < 4.78 is 0. The topological polar surface area (TPSA) is 76.3 Å². The van der Waals surface area contributed by atoms with E-state index in [4.69, 9.17) is 5.73 Å². The molecule has 0 saturated carbocycles. The number of rotatable bonds is 1. The Bertz CT molecular complexity index is 915. The average molecular weight is 289 g/mol. The summed E-state index contributed by atoms with van der Waals surface area (Å²) in [4.78, 5) is 30.5. The molecule has 1 aromatic heterocycles. The van der Waals surface area contributed by atoms with Crippen LogP contribution in [0.4, 0.5) is 11.5 Å². The molecule has 1 aliphatic rings. The summed E-state index contributed by atoms with van der Waals surface area (Å²) in [5, 5.41) is 1.55. The summed E-state index contributed by atoms with van der Waals surface area (Å²) in [5.41, 5.74) is 7.21. The van der Waals surface area contributed by atoms with Gasteiger partial charge in [-0.25, -0.2) is 9.88 Å². The summed E-state index contributed by atoms with van der Waals surface area (Å²) >= 11 is 0. The van der Waals surface area contributed by atoms with Gasteiger partial charge in [0, 0.05) is 17.3 Å². The van der Waals surface area contributed by atoms with Crippen molar-refractivity contribution in [2.75, 3.05) is 10.6 Å². The molecular weight excluding hydrogens is 278 g/mol. The van der Waals surface area contributed by atoms with Crippen LogP contribution in [0.5, 0.6) is 0 Å². The van der Waals surface area contributed by atoms with Crippen LogP contribution in [0.15, 0.2) is 54.7 Å². The van der Waals surface area contributed by atoms with Gasteiger partial charge >= 0.3 is 0 Å². The summed E-state index contributed by atoms with van der Waals surface area (Å²) in [7, 11) is 0. The fraction of sp³-hybridized carbons (Fsp3) is 0. The summed E-state index contributed by atoms with van der Waals surface area (Å²) in [6.07, 6.45) is 1.57. The third-order valence-electron chi connectivity index (χ3n) is 3.77. The van der Waals surface area contributed by atoms with Gasteiger partial charge < -0.3 is 5.73 Å². The van der Waals surface area contributed by atoms with Crippen molar-refractivity contribution in [3.05, 3.63) is 65.9 Å². The number of fused-ring (bicyclic) bond motifs is 2. The quantitative estimate of drug-likeness (QED) is 0.552. The minimum atomic E-state index is -0.350. The van der Waals surface area contributed by atoms with Gasteiger partial charge in [0.1, 0.15) is 0 Å². The van der Waals surface area contributed by atoms with Crippen LogP contribution >= 0.6 is 0 Å². The number of anilines is 2. The maximum Gasteiger partial charge on any atom is 0.267 e. The summed E-state index contributed by atoms with van der Waals surface area (Å²) in [5.74, 6) is -0.362. The maximum absolute atomic E-state index is 12.6. The predicted molar refractivity (Wildman–Crippen MR) is 83.7 cm³/mol. The van der Waals surface area contributed by atoms with Gasteiger partial charge in [-0.1, -0.05) is 12.1 Å². The first-order valence-corrected chi connectivity index (χ1v) is 6.79. The third-order valence-corrected chi connectivity index (χ3v) is 3.77. The number of aromatic nitrogens is 1. The van der Waals surface area contributed by atoms with E-state index in [1.807, 2.05) is 0 Å². The zero-order valence-electron chi connectivity index (χ0n) is 11.5. The zero-order valence-corrected chi connectivity index (χ0v) is 11.5. The van der Waals surface area contributed by atoms with Crippen molar-refractivity contribution >= 4 is 34.1 Å². The normalized spacial score (nSPS) is 13.7. The number of pyridine rings is 1. The van der Waals surface area contributed by atoms with Crippen LogP contribution in [0.25, 0.3) is 10.8 Å². The molecule has 2 N–H and O–H groups in total. The number of carbonyl (C=O) groups excluding carboxylic acids is 2. The van der Waals surface area contributed by atoms with Gasteiger partial charge in [-0.3, -0.25) is 9.59 Å². The molecule has 2 amide bonds. The number of nitrogen functional groups attached to an aromatic ring is 1. The largest absolute Gasteiger partial charge is 0.399 e. The lowest BCUT2D eigenvalue weighted by Gasteiger charge is -2.15. The molecule has 0 atom stereocenters. The van der Waals surface area contributed by atoms with E-state index >= 15 is 0 Å². The molecular formula is C17H11N3O2. The highest BCUT2D eigenvalue weighted by molar-refractivity contribution is 6.35. The summed E-state index contributed by atoms with van der Waals surface area (Å²) in [6.45, 7) is 0. The van der Waals surface area contributed by atoms with Crippen molar-refractivity contribution in [2.45, 2.75) is 0 Å². The molecule has 0 bridgehead atoms. The minimum absolute atomic E-state index is 0.337. The molecule has 2 heterocycles. The third kappa shape index (κ3) is 1.62. The first kappa shape index (κ1) is 12.5. The highest BCUT2D eigenvalue weighted by atomic mass is 16.2. The Morgan fingerprint density at radius 2 is 1.59 bits per heavy atom. The Balaban J connectivity index is 1.94. The van der Waals surface area contributed by atoms with Gasteiger partial charge in [-0.15, -0.1) is 0 Å². The monoisotopic (exact) mass is 289 g/mol. The molecule has 1 aliphatic heterocycles. The predicted octanol–water partition coefficient (Wildman–Crippen LogP) is 2.62. The van der Waals surface area contributed by atoms with Crippen LogP contribution in [-0.2, 0) is 0 Å². The van der Waals surface area contributed by atoms with Gasteiger partial charge in [0.2, 0.25) is 0 Å². The van der Waals surface area contributed by atoms with Crippen LogP contribution < -0.4 is 10.6 Å². The molecule has 0 aliphatic carbocycles. The van der Waals surface area contributed by atoms with Gasteiger partial charge in [0.05, 0.1) is 11.1 Å². The maximum atomic E-state index is 12.6. The van der Waals surface area contributed by atoms with E-state index in [9.17, 15) is 9.59 Å². The Kier molecular flexibility index (Phi) is 2.50. The highest BCUT2D eigenvalue weighted by Crippen LogP contribution is 2.32. The van der Waals surface area contributed by atoms with E-state index in [1.165, 1.54) is 0 Å². The minimum Gasteiger partial charge on any atom is -0.399 e. The fourth-order valence-corrected chi connectivity index (χ4v) is 2.74. The Hall–Kier alpha value is -3.21. The molecule has 0 radical (unpaired) electrons. The molecule has 22 heavy (non-hydrogen) atoms. The number of imide groups is 1. The lowest BCUT2D eigenvalue weighted by atomic mass is 10.1. The molecule has 0 fully saturated rings. The average Bonchev–Trinajstić information content (AvgIpc) is 2.78. The number of benzene rings is 2. The highest BCUT2D eigenvalue weighted by Gasteiger charge is 2.37. The van der Waals surface area contributed by atoms with Gasteiger partial charge in [-0.2, -0.15) is 0 Å². The number of hydrogen-bond acceptors (Lipinski definition) is 4. The molecule has 0 spiro atoms. The number of carbonyl (C=O) groups is 2. The number of hydrogen-bond donors (Lipinski definition) is 1. The number of nitrogens with zero attached hydrogens (tertiary/aromatic N) is 2. The number of nitrogens with two attached hydrogens (primary N) is 1. The standard InChI is InChI=1S/C17H11N3O2/c18-11-5-6-12-10(9-11)7-8-19-15(12)20-16(21)13-3-1-2-4-14(13)17(20)22/h1-9H,18H2. The van der Waals surface area contributed by atoms with Crippen molar-refractivity contribution in [3.63, 3.8) is 0 Å². The van der Waals surface area contributed by atoms with Crippen molar-refractivity contribution in [2.24, 2.45) is 0 Å². The molecule has 5 nitrogen and oxygen atoms in total. The Morgan fingerprint density at radius 1 is 0.909 bits per heavy atom. The first-order chi connectivity index (χ1) is 10.7. The fourth-order valence-electron chi connectivity index (χ4n) is 2.74. The Labute approximate surface area is 126 Å². The van der Waals surface area contributed by atoms with E-state index in [0.29, 0.717) is 28.0 Å². The van der Waals surface area contributed by atoms with Gasteiger partial charge in [0.15, 0.2) is 5.82 Å². The lowest BCUT2D eigenvalue weighted by molar-refractivity contribution is 0.0925. The van der Waals surface area contributed by atoms with Gasteiger partial charge in [0.25, 0.3) is 11.8 Å². The molecule has 5 heteroatoms. The molecule has 3 aromatic rings. The van der Waals surface area contributed by atoms with Crippen molar-refractivity contribution in [1.29, 1.82) is 0 Å². The zero-order chi connectivity index (χ0) is 15.3. The number of amides is 2. The Morgan fingerprint density at radius 3 is 2.27 bits per heavy atom. The van der Waals surface area contributed by atoms with Crippen LogP contribution in [0.1, 0.15) is 20.7 Å². The van der Waals surface area contributed by atoms with E-state index < -0.39 is 0 Å². The molecule has 106 valence electrons. The van der Waals surface area contributed by atoms with Crippen LogP contribution in [0.3, 0.4) is 0 Å². The second kappa shape index (κ2) is 4.39. The van der Waals surface area contributed by atoms with E-state index in [0.717, 1.165) is 10.3 Å².